The van der Waals surface area contributed by atoms with Crippen LogP contribution in [-0.2, 0) is 10.0 Å². The second-order valence-electron chi connectivity index (χ2n) is 3.61. The molecule has 0 saturated heterocycles. The van der Waals surface area contributed by atoms with Crippen molar-refractivity contribution in [3.05, 3.63) is 44.5 Å². The van der Waals surface area contributed by atoms with E-state index in [9.17, 15) is 12.8 Å². The first-order valence-electron chi connectivity index (χ1n) is 5.06. The molecule has 0 saturated carbocycles. The highest BCUT2D eigenvalue weighted by Crippen LogP contribution is 2.32. The number of nitrogens with one attached hydrogen (secondary N) is 1. The average molecular weight is 391 g/mol. The van der Waals surface area contributed by atoms with Gasteiger partial charge in [-0.3, -0.25) is 4.72 Å². The second-order valence-corrected chi connectivity index (χ2v) is 6.78. The molecular formula is C10H4Cl4FN3O2S. The van der Waals surface area contributed by atoms with Crippen molar-refractivity contribution in [2.75, 3.05) is 4.72 Å². The topological polar surface area (TPSA) is 72.0 Å². The third-order valence-electron chi connectivity index (χ3n) is 2.27. The molecule has 0 spiro atoms. The lowest BCUT2D eigenvalue weighted by Crippen LogP contribution is -2.15. The second kappa shape index (κ2) is 6.10. The van der Waals surface area contributed by atoms with Crippen LogP contribution < -0.4 is 4.72 Å². The monoisotopic (exact) mass is 389 g/mol. The third kappa shape index (κ3) is 3.32. The summed E-state index contributed by atoms with van der Waals surface area (Å²) in [7, 11) is -4.24. The third-order valence-corrected chi connectivity index (χ3v) is 5.16. The number of hydrogen-bond acceptors (Lipinski definition) is 4. The molecule has 1 aromatic carbocycles. The zero-order chi connectivity index (χ0) is 15.8. The molecule has 112 valence electrons. The molecule has 2 aromatic rings. The Morgan fingerprint density at radius 3 is 2.38 bits per heavy atom. The van der Waals surface area contributed by atoms with Crippen molar-refractivity contribution in [3.8, 4) is 0 Å². The van der Waals surface area contributed by atoms with E-state index in [1.807, 2.05) is 4.72 Å². The van der Waals surface area contributed by atoms with E-state index in [0.29, 0.717) is 0 Å². The van der Waals surface area contributed by atoms with Crippen molar-refractivity contribution < 1.29 is 12.8 Å². The number of hydrogen-bond donors (Lipinski definition) is 1. The molecule has 0 bridgehead atoms. The molecule has 21 heavy (non-hydrogen) atoms. The van der Waals surface area contributed by atoms with Gasteiger partial charge in [-0.1, -0.05) is 46.4 Å². The summed E-state index contributed by atoms with van der Waals surface area (Å²) in [5.74, 6) is -1.31. The number of aromatic nitrogens is 2. The van der Waals surface area contributed by atoms with E-state index in [2.05, 4.69) is 9.97 Å². The van der Waals surface area contributed by atoms with Crippen molar-refractivity contribution >= 4 is 62.2 Å². The van der Waals surface area contributed by atoms with Crippen molar-refractivity contribution in [1.82, 2.24) is 9.97 Å². The maximum atomic E-state index is 13.6. The molecular weight excluding hydrogens is 387 g/mol. The number of sulfonamides is 1. The van der Waals surface area contributed by atoms with Crippen LogP contribution in [0.1, 0.15) is 0 Å². The van der Waals surface area contributed by atoms with E-state index in [-0.39, 0.29) is 21.0 Å². The number of rotatable bonds is 3. The smallest absolute Gasteiger partial charge is 0.262 e. The van der Waals surface area contributed by atoms with Crippen LogP contribution in [0.3, 0.4) is 0 Å². The summed E-state index contributed by atoms with van der Waals surface area (Å²) >= 11 is 22.6. The Bertz CT molecular complexity index is 816. The molecule has 0 radical (unpaired) electrons. The van der Waals surface area contributed by atoms with Crippen molar-refractivity contribution in [2.24, 2.45) is 0 Å². The highest BCUT2D eigenvalue weighted by Gasteiger charge is 2.24. The Morgan fingerprint density at radius 1 is 1.05 bits per heavy atom. The van der Waals surface area contributed by atoms with Gasteiger partial charge < -0.3 is 0 Å². The first-order chi connectivity index (χ1) is 9.74. The zero-order valence-corrected chi connectivity index (χ0v) is 13.6. The van der Waals surface area contributed by atoms with Gasteiger partial charge >= 0.3 is 0 Å². The lowest BCUT2D eigenvalue weighted by atomic mass is 10.3. The summed E-state index contributed by atoms with van der Waals surface area (Å²) in [5, 5.41) is -1.29. The summed E-state index contributed by atoms with van der Waals surface area (Å²) in [6, 6.07) is 2.11. The van der Waals surface area contributed by atoms with Gasteiger partial charge in [0.15, 0.2) is 16.8 Å². The number of nitrogens with zero attached hydrogens (tertiary/aromatic N) is 2. The maximum absolute atomic E-state index is 13.6. The van der Waals surface area contributed by atoms with Crippen LogP contribution in [0.5, 0.6) is 0 Å². The summed E-state index contributed by atoms with van der Waals surface area (Å²) in [6.45, 7) is 0. The molecule has 0 amide bonds. The number of anilines is 1. The van der Waals surface area contributed by atoms with Crippen LogP contribution in [0.2, 0.25) is 20.2 Å². The van der Waals surface area contributed by atoms with Gasteiger partial charge in [-0.15, -0.1) is 0 Å². The SMILES string of the molecule is O=S(=O)(Nc1ncnc(Cl)c1Cl)c1ccc(Cl)c(F)c1Cl. The van der Waals surface area contributed by atoms with Crippen molar-refractivity contribution in [1.29, 1.82) is 0 Å². The molecule has 11 heteroatoms. The van der Waals surface area contributed by atoms with Gasteiger partial charge in [-0.25, -0.2) is 22.8 Å². The lowest BCUT2D eigenvalue weighted by molar-refractivity contribution is 0.595. The van der Waals surface area contributed by atoms with Crippen LogP contribution in [0, 0.1) is 5.82 Å². The average Bonchev–Trinajstić information content (AvgIpc) is 2.41. The van der Waals surface area contributed by atoms with E-state index in [1.54, 1.807) is 0 Å². The van der Waals surface area contributed by atoms with Gasteiger partial charge in [0.25, 0.3) is 10.0 Å². The Morgan fingerprint density at radius 2 is 1.71 bits per heavy atom. The Balaban J connectivity index is 2.49. The van der Waals surface area contributed by atoms with Gasteiger partial charge in [-0.2, -0.15) is 0 Å². The summed E-state index contributed by atoms with van der Waals surface area (Å²) in [4.78, 5) is 6.69. The minimum atomic E-state index is -4.24. The Labute approximate surface area is 139 Å². The standard InChI is InChI=1S/C10H4Cl4FN3O2S/c11-4-1-2-5(6(12)8(4)15)21(19,20)18-10-7(13)9(14)16-3-17-10/h1-3H,(H,16,17,18). The molecule has 1 aromatic heterocycles. The predicted octanol–water partition coefficient (Wildman–Crippen LogP) is 4.03. The Hall–Kier alpha value is -0.860. The summed E-state index contributed by atoms with van der Waals surface area (Å²) in [6.07, 6.45) is 1.01. The maximum Gasteiger partial charge on any atom is 0.264 e. The van der Waals surface area contributed by atoms with E-state index in [1.165, 1.54) is 0 Å². The van der Waals surface area contributed by atoms with Gasteiger partial charge in [0.2, 0.25) is 0 Å². The largest absolute Gasteiger partial charge is 0.264 e. The van der Waals surface area contributed by atoms with E-state index in [4.69, 9.17) is 46.4 Å². The van der Waals surface area contributed by atoms with Gasteiger partial charge in [-0.05, 0) is 12.1 Å². The highest BCUT2D eigenvalue weighted by molar-refractivity contribution is 7.92. The molecule has 0 aliphatic heterocycles. The molecule has 1 heterocycles. The molecule has 1 N–H and O–H groups in total. The predicted molar refractivity (Wildman–Crippen MR) is 79.3 cm³/mol. The fourth-order valence-corrected chi connectivity index (χ4v) is 3.42. The number of halogens is 5. The van der Waals surface area contributed by atoms with E-state index >= 15 is 0 Å². The van der Waals surface area contributed by atoms with Crippen LogP contribution in [0.15, 0.2) is 23.4 Å². The molecule has 2 rings (SSSR count). The van der Waals surface area contributed by atoms with Crippen molar-refractivity contribution in [2.45, 2.75) is 4.90 Å². The van der Waals surface area contributed by atoms with Crippen LogP contribution in [-0.4, -0.2) is 18.4 Å². The lowest BCUT2D eigenvalue weighted by Gasteiger charge is -2.10. The molecule has 0 aliphatic carbocycles. The van der Waals surface area contributed by atoms with Crippen LogP contribution >= 0.6 is 46.4 Å². The fraction of sp³-hybridized carbons (Fsp3) is 0. The zero-order valence-electron chi connectivity index (χ0n) is 9.74. The Kier molecular flexibility index (Phi) is 4.79. The minimum Gasteiger partial charge on any atom is -0.262 e. The highest BCUT2D eigenvalue weighted by atomic mass is 35.5. The van der Waals surface area contributed by atoms with Gasteiger partial charge in [0, 0.05) is 0 Å². The summed E-state index contributed by atoms with van der Waals surface area (Å²) in [5.41, 5.74) is 0. The van der Waals surface area contributed by atoms with Gasteiger partial charge in [0.1, 0.15) is 16.2 Å². The molecule has 0 unspecified atom stereocenters. The quantitative estimate of drug-likeness (QED) is 0.634. The first kappa shape index (κ1) is 16.5. The minimum absolute atomic E-state index is 0.141. The molecule has 0 aliphatic rings. The van der Waals surface area contributed by atoms with Crippen LogP contribution in [0.25, 0.3) is 0 Å². The van der Waals surface area contributed by atoms with E-state index in [0.717, 1.165) is 18.5 Å². The van der Waals surface area contributed by atoms with Gasteiger partial charge in [0.05, 0.1) is 10.0 Å². The summed E-state index contributed by atoms with van der Waals surface area (Å²) < 4.78 is 40.0. The molecule has 5 nitrogen and oxygen atoms in total. The molecule has 0 atom stereocenters. The first-order valence-corrected chi connectivity index (χ1v) is 8.06. The van der Waals surface area contributed by atoms with Crippen LogP contribution in [0.4, 0.5) is 10.2 Å². The fourth-order valence-electron chi connectivity index (χ4n) is 1.32. The van der Waals surface area contributed by atoms with E-state index < -0.39 is 25.8 Å². The molecule has 0 fully saturated rings. The normalized spacial score (nSPS) is 11.5. The number of benzene rings is 1. The van der Waals surface area contributed by atoms with Crippen molar-refractivity contribution in [3.63, 3.8) is 0 Å².